The molecule has 0 amide bonds. The molecule has 36 heavy (non-hydrogen) atoms. The molecule has 1 aliphatic rings. The quantitative estimate of drug-likeness (QED) is 0.207. The monoisotopic (exact) mass is 508 g/mol. The number of nitrogens with zero attached hydrogens (tertiary/aromatic N) is 2. The molecular formula is C32H26Cl2N2. The lowest BCUT2D eigenvalue weighted by Gasteiger charge is -2.26. The molecule has 0 fully saturated rings. The summed E-state index contributed by atoms with van der Waals surface area (Å²) in [7, 11) is 0. The smallest absolute Gasteiger partial charge is 0.0490 e. The lowest BCUT2D eigenvalue weighted by atomic mass is 9.78. The minimum atomic E-state index is 0. The van der Waals surface area contributed by atoms with E-state index >= 15 is 0 Å². The summed E-state index contributed by atoms with van der Waals surface area (Å²) in [6.07, 6.45) is 10.9. The topological polar surface area (TPSA) is 25.8 Å². The van der Waals surface area contributed by atoms with E-state index < -0.39 is 0 Å². The maximum Gasteiger partial charge on any atom is 0.0490 e. The van der Waals surface area contributed by atoms with Crippen molar-refractivity contribution in [2.24, 2.45) is 0 Å². The maximum absolute atomic E-state index is 6.60. The number of fused-ring (bicyclic) bond motifs is 6. The van der Waals surface area contributed by atoms with Gasteiger partial charge < -0.3 is 0 Å². The fraction of sp³-hybridized carbons (Fsp3) is 0.125. The van der Waals surface area contributed by atoms with Crippen LogP contribution in [0.2, 0.25) is 5.02 Å². The number of rotatable bonds is 1. The van der Waals surface area contributed by atoms with E-state index in [4.69, 9.17) is 11.6 Å². The van der Waals surface area contributed by atoms with Crippen molar-refractivity contribution in [3.05, 3.63) is 131 Å². The highest BCUT2D eigenvalue weighted by atomic mass is 35.5. The van der Waals surface area contributed by atoms with Crippen LogP contribution in [0, 0.1) is 0 Å². The predicted octanol–water partition coefficient (Wildman–Crippen LogP) is 8.97. The van der Waals surface area contributed by atoms with Crippen molar-refractivity contribution in [2.75, 3.05) is 0 Å². The summed E-state index contributed by atoms with van der Waals surface area (Å²) in [5.74, 6) is 0.587. The van der Waals surface area contributed by atoms with Crippen LogP contribution in [0.4, 0.5) is 0 Å². The van der Waals surface area contributed by atoms with E-state index in [2.05, 4.69) is 76.7 Å². The Bertz CT molecular complexity index is 1580. The van der Waals surface area contributed by atoms with Gasteiger partial charge in [-0.3, -0.25) is 9.97 Å². The van der Waals surface area contributed by atoms with E-state index in [0.717, 1.165) is 23.3 Å². The summed E-state index contributed by atoms with van der Waals surface area (Å²) in [5, 5.41) is 8.34. The van der Waals surface area contributed by atoms with Crippen molar-refractivity contribution in [3.63, 3.8) is 0 Å². The van der Waals surface area contributed by atoms with Crippen LogP contribution < -0.4 is 0 Å². The minimum absolute atomic E-state index is 0. The molecule has 2 aromatic heterocycles. The van der Waals surface area contributed by atoms with Crippen LogP contribution in [0.3, 0.4) is 0 Å². The van der Waals surface area contributed by atoms with Gasteiger partial charge in [-0.2, -0.15) is 0 Å². The highest BCUT2D eigenvalue weighted by Gasteiger charge is 2.22. The summed E-state index contributed by atoms with van der Waals surface area (Å²) in [5.41, 5.74) is 4.35. The Morgan fingerprint density at radius 2 is 1.36 bits per heavy atom. The molecule has 178 valence electrons. The molecule has 4 aromatic carbocycles. The molecule has 1 unspecified atom stereocenters. The lowest BCUT2D eigenvalue weighted by molar-refractivity contribution is 0.587. The third kappa shape index (κ3) is 4.67. The number of hydrogen-bond donors (Lipinski definition) is 0. The maximum atomic E-state index is 6.60. The van der Waals surface area contributed by atoms with Gasteiger partial charge in [0, 0.05) is 35.2 Å². The average molecular weight is 509 g/mol. The molecule has 4 heteroatoms. The molecule has 0 saturated heterocycles. The van der Waals surface area contributed by atoms with Gasteiger partial charge in [0.2, 0.25) is 0 Å². The van der Waals surface area contributed by atoms with E-state index in [9.17, 15) is 0 Å². The zero-order valence-corrected chi connectivity index (χ0v) is 21.3. The normalized spacial score (nSPS) is 14.5. The van der Waals surface area contributed by atoms with Crippen LogP contribution in [-0.2, 0) is 12.8 Å². The molecule has 0 N–H and O–H groups in total. The van der Waals surface area contributed by atoms with E-state index in [1.54, 1.807) is 0 Å². The van der Waals surface area contributed by atoms with E-state index in [1.165, 1.54) is 50.0 Å². The molecule has 7 rings (SSSR count). The van der Waals surface area contributed by atoms with Gasteiger partial charge in [-0.15, -0.1) is 12.4 Å². The van der Waals surface area contributed by atoms with Crippen LogP contribution in [0.15, 0.2) is 110 Å². The second-order valence-corrected chi connectivity index (χ2v) is 9.55. The standard InChI is InChI=1S/C23H18ClN.C9H7N.ClH/c24-23-14-22-18-7-5-16(15-9-11-25-12-10-15)13-17(18)6-8-20(22)19-3-1-2-4-21(19)23;1-2-4-9-7-10-6-5-8(9)3-1;/h1-4,6,8-12,14,16H,5,7,13H2;1-7H;1H. The Labute approximate surface area is 222 Å². The average Bonchev–Trinajstić information content (AvgIpc) is 2.94. The third-order valence-corrected chi connectivity index (χ3v) is 7.45. The SMILES string of the molecule is Cl.Clc1cc2c3c(ccc2c2ccccc12)CC(c1ccncc1)CC3.c1ccc2cnccc2c1. The van der Waals surface area contributed by atoms with E-state index in [1.807, 2.05) is 43.0 Å². The molecule has 1 atom stereocenters. The Morgan fingerprint density at radius 3 is 2.17 bits per heavy atom. The second-order valence-electron chi connectivity index (χ2n) is 9.15. The number of benzene rings is 4. The van der Waals surface area contributed by atoms with Gasteiger partial charge in [-0.05, 0) is 93.1 Å². The van der Waals surface area contributed by atoms with Crippen LogP contribution in [0.1, 0.15) is 29.0 Å². The Kier molecular flexibility index (Phi) is 7.18. The van der Waals surface area contributed by atoms with Crippen LogP contribution in [0.25, 0.3) is 32.3 Å². The first-order chi connectivity index (χ1) is 17.3. The van der Waals surface area contributed by atoms with Gasteiger partial charge in [-0.25, -0.2) is 0 Å². The van der Waals surface area contributed by atoms with Crippen molar-refractivity contribution in [3.8, 4) is 0 Å². The first-order valence-electron chi connectivity index (χ1n) is 12.1. The molecule has 2 heterocycles. The van der Waals surface area contributed by atoms with Crippen LogP contribution in [0.5, 0.6) is 0 Å². The summed E-state index contributed by atoms with van der Waals surface area (Å²) in [6.45, 7) is 0. The van der Waals surface area contributed by atoms with Gasteiger partial charge >= 0.3 is 0 Å². The molecule has 0 aliphatic heterocycles. The molecule has 1 aliphatic carbocycles. The molecular weight excluding hydrogens is 483 g/mol. The highest BCUT2D eigenvalue weighted by molar-refractivity contribution is 6.37. The van der Waals surface area contributed by atoms with Gasteiger partial charge in [0.05, 0.1) is 0 Å². The fourth-order valence-corrected chi connectivity index (χ4v) is 5.63. The summed E-state index contributed by atoms with van der Waals surface area (Å²) in [6, 6.07) is 29.7. The predicted molar refractivity (Wildman–Crippen MR) is 154 cm³/mol. The van der Waals surface area contributed by atoms with Gasteiger partial charge in [0.25, 0.3) is 0 Å². The van der Waals surface area contributed by atoms with Gasteiger partial charge in [0.1, 0.15) is 0 Å². The van der Waals surface area contributed by atoms with Crippen molar-refractivity contribution in [1.82, 2.24) is 9.97 Å². The van der Waals surface area contributed by atoms with Crippen molar-refractivity contribution in [1.29, 1.82) is 0 Å². The lowest BCUT2D eigenvalue weighted by Crippen LogP contribution is -2.13. The first-order valence-corrected chi connectivity index (χ1v) is 12.5. The highest BCUT2D eigenvalue weighted by Crippen LogP contribution is 2.39. The van der Waals surface area contributed by atoms with Crippen molar-refractivity contribution < 1.29 is 0 Å². The van der Waals surface area contributed by atoms with Gasteiger partial charge in [-0.1, -0.05) is 72.3 Å². The number of aryl methyl sites for hydroxylation is 1. The Hall–Kier alpha value is -3.46. The Balaban J connectivity index is 0.000000204. The first kappa shape index (κ1) is 24.2. The number of aromatic nitrogens is 2. The molecule has 0 spiro atoms. The second kappa shape index (κ2) is 10.7. The molecule has 6 aromatic rings. The zero-order valence-electron chi connectivity index (χ0n) is 19.8. The largest absolute Gasteiger partial charge is 0.265 e. The van der Waals surface area contributed by atoms with E-state index in [-0.39, 0.29) is 12.4 Å². The summed E-state index contributed by atoms with van der Waals surface area (Å²) in [4.78, 5) is 8.16. The van der Waals surface area contributed by atoms with Crippen LogP contribution >= 0.6 is 24.0 Å². The molecule has 2 nitrogen and oxygen atoms in total. The number of halogens is 2. The summed E-state index contributed by atoms with van der Waals surface area (Å²) >= 11 is 6.60. The molecule has 0 radical (unpaired) electrons. The Morgan fingerprint density at radius 1 is 0.667 bits per heavy atom. The van der Waals surface area contributed by atoms with Crippen molar-refractivity contribution >= 4 is 56.3 Å². The van der Waals surface area contributed by atoms with Crippen molar-refractivity contribution in [2.45, 2.75) is 25.2 Å². The van der Waals surface area contributed by atoms with E-state index in [0.29, 0.717) is 5.92 Å². The van der Waals surface area contributed by atoms with Crippen LogP contribution in [-0.4, -0.2) is 9.97 Å². The van der Waals surface area contributed by atoms with Gasteiger partial charge in [0.15, 0.2) is 0 Å². The zero-order chi connectivity index (χ0) is 23.6. The fourth-order valence-electron chi connectivity index (χ4n) is 5.36. The molecule has 0 saturated carbocycles. The number of pyridine rings is 2. The molecule has 0 bridgehead atoms. The number of hydrogen-bond acceptors (Lipinski definition) is 2. The minimum Gasteiger partial charge on any atom is -0.265 e. The third-order valence-electron chi connectivity index (χ3n) is 7.14. The summed E-state index contributed by atoms with van der Waals surface area (Å²) < 4.78 is 0.